The smallest absolute Gasteiger partial charge is 0.176 e. The molecule has 0 bridgehead atoms. The van der Waals surface area contributed by atoms with Crippen molar-refractivity contribution < 1.29 is 4.79 Å². The molecule has 0 saturated heterocycles. The average Bonchev–Trinajstić information content (AvgIpc) is 2.72. The molecule has 1 aliphatic rings. The minimum Gasteiger partial charge on any atom is -0.293 e. The maximum Gasteiger partial charge on any atom is 0.176 e. The van der Waals surface area contributed by atoms with E-state index >= 15 is 0 Å². The summed E-state index contributed by atoms with van der Waals surface area (Å²) in [6.45, 7) is 1.84. The zero-order valence-corrected chi connectivity index (χ0v) is 7.73. The third-order valence-electron chi connectivity index (χ3n) is 2.08. The van der Waals surface area contributed by atoms with Gasteiger partial charge in [0, 0.05) is 6.42 Å². The van der Waals surface area contributed by atoms with Gasteiger partial charge >= 0.3 is 0 Å². The van der Waals surface area contributed by atoms with Crippen molar-refractivity contribution in [2.75, 3.05) is 0 Å². The van der Waals surface area contributed by atoms with Gasteiger partial charge in [0.1, 0.15) is 4.88 Å². The summed E-state index contributed by atoms with van der Waals surface area (Å²) in [5, 5.41) is 3.81. The molecule has 1 aromatic heterocycles. The molecule has 4 heteroatoms. The van der Waals surface area contributed by atoms with Gasteiger partial charge < -0.3 is 0 Å². The van der Waals surface area contributed by atoms with E-state index in [0.29, 0.717) is 12.3 Å². The van der Waals surface area contributed by atoms with Crippen LogP contribution in [0, 0.1) is 12.8 Å². The summed E-state index contributed by atoms with van der Waals surface area (Å²) >= 11 is 1.22. The second-order valence-corrected chi connectivity index (χ2v) is 4.01. The van der Waals surface area contributed by atoms with Crippen LogP contribution in [-0.4, -0.2) is 15.4 Å². The highest BCUT2D eigenvalue weighted by molar-refractivity contribution is 7.08. The Kier molecular flexibility index (Phi) is 1.92. The Labute approximate surface area is 75.0 Å². The molecule has 0 unspecified atom stereocenters. The third-order valence-corrected chi connectivity index (χ3v) is 2.94. The fourth-order valence-electron chi connectivity index (χ4n) is 1.16. The standard InChI is InChI=1S/C8H10N2OS/c1-5-8(12-10-9-5)7(11)4-6-2-3-6/h6H,2-4H2,1H3. The predicted octanol–water partition coefficient (Wildman–Crippen LogP) is 1.83. The summed E-state index contributed by atoms with van der Waals surface area (Å²) in [5.41, 5.74) is 0.783. The number of carbonyl (C=O) groups excluding carboxylic acids is 1. The Morgan fingerprint density at radius 2 is 2.42 bits per heavy atom. The summed E-state index contributed by atoms with van der Waals surface area (Å²) in [7, 11) is 0. The Bertz CT molecular complexity index is 304. The van der Waals surface area contributed by atoms with E-state index in [1.807, 2.05) is 6.92 Å². The number of hydrogen-bond acceptors (Lipinski definition) is 4. The lowest BCUT2D eigenvalue weighted by atomic mass is 10.1. The first-order valence-corrected chi connectivity index (χ1v) is 4.87. The lowest BCUT2D eigenvalue weighted by molar-refractivity contribution is 0.0979. The van der Waals surface area contributed by atoms with Crippen LogP contribution in [0.3, 0.4) is 0 Å². The molecule has 1 aromatic rings. The van der Waals surface area contributed by atoms with Gasteiger partial charge in [0.25, 0.3) is 0 Å². The van der Waals surface area contributed by atoms with Crippen LogP contribution in [0.4, 0.5) is 0 Å². The number of carbonyl (C=O) groups is 1. The quantitative estimate of drug-likeness (QED) is 0.670. The first-order chi connectivity index (χ1) is 5.77. The van der Waals surface area contributed by atoms with Crippen LogP contribution in [0.15, 0.2) is 0 Å². The van der Waals surface area contributed by atoms with Gasteiger partial charge in [-0.1, -0.05) is 4.49 Å². The van der Waals surface area contributed by atoms with Gasteiger partial charge in [-0.05, 0) is 37.2 Å². The summed E-state index contributed by atoms with van der Waals surface area (Å²) < 4.78 is 3.74. The number of Topliss-reactive ketones (excluding diaryl/α,β-unsaturated/α-hetero) is 1. The molecule has 0 aromatic carbocycles. The Balaban J connectivity index is 2.07. The largest absolute Gasteiger partial charge is 0.293 e. The molecule has 0 atom stereocenters. The van der Waals surface area contributed by atoms with Crippen LogP contribution in [0.25, 0.3) is 0 Å². The second-order valence-electron chi connectivity index (χ2n) is 3.26. The fourth-order valence-corrected chi connectivity index (χ4v) is 1.77. The van der Waals surface area contributed by atoms with Crippen molar-refractivity contribution in [1.82, 2.24) is 9.59 Å². The monoisotopic (exact) mass is 182 g/mol. The van der Waals surface area contributed by atoms with E-state index in [2.05, 4.69) is 9.59 Å². The molecule has 64 valence electrons. The van der Waals surface area contributed by atoms with Crippen LogP contribution < -0.4 is 0 Å². The van der Waals surface area contributed by atoms with Crippen LogP contribution >= 0.6 is 11.5 Å². The van der Waals surface area contributed by atoms with Crippen LogP contribution in [-0.2, 0) is 0 Å². The van der Waals surface area contributed by atoms with Crippen molar-refractivity contribution in [2.45, 2.75) is 26.2 Å². The van der Waals surface area contributed by atoms with Crippen LogP contribution in [0.2, 0.25) is 0 Å². The molecule has 0 amide bonds. The molecule has 1 fully saturated rings. The van der Waals surface area contributed by atoms with E-state index < -0.39 is 0 Å². The van der Waals surface area contributed by atoms with Gasteiger partial charge in [0.05, 0.1) is 5.69 Å². The van der Waals surface area contributed by atoms with Gasteiger partial charge in [-0.3, -0.25) is 4.79 Å². The molecule has 0 spiro atoms. The molecule has 3 nitrogen and oxygen atoms in total. The van der Waals surface area contributed by atoms with E-state index in [1.165, 1.54) is 24.4 Å². The van der Waals surface area contributed by atoms with Crippen molar-refractivity contribution in [3.8, 4) is 0 Å². The van der Waals surface area contributed by atoms with E-state index in [9.17, 15) is 4.79 Å². The molecule has 1 aliphatic carbocycles. The molecular formula is C8H10N2OS. The molecule has 12 heavy (non-hydrogen) atoms. The highest BCUT2D eigenvalue weighted by Crippen LogP contribution is 2.34. The van der Waals surface area contributed by atoms with Gasteiger partial charge in [-0.2, -0.15) is 0 Å². The molecule has 1 heterocycles. The number of ketones is 1. The van der Waals surface area contributed by atoms with Gasteiger partial charge in [-0.25, -0.2) is 0 Å². The highest BCUT2D eigenvalue weighted by atomic mass is 32.1. The molecule has 1 saturated carbocycles. The Morgan fingerprint density at radius 1 is 1.67 bits per heavy atom. The summed E-state index contributed by atoms with van der Waals surface area (Å²) in [6.07, 6.45) is 3.14. The van der Waals surface area contributed by atoms with E-state index in [1.54, 1.807) is 0 Å². The SMILES string of the molecule is Cc1nnsc1C(=O)CC1CC1. The summed E-state index contributed by atoms with van der Waals surface area (Å²) in [5.74, 6) is 0.879. The van der Waals surface area contributed by atoms with Gasteiger partial charge in [0.15, 0.2) is 5.78 Å². The third kappa shape index (κ3) is 1.53. The Morgan fingerprint density at radius 3 is 2.92 bits per heavy atom. The normalized spacial score (nSPS) is 16.4. The van der Waals surface area contributed by atoms with Gasteiger partial charge in [-0.15, -0.1) is 5.10 Å². The van der Waals surface area contributed by atoms with Gasteiger partial charge in [0.2, 0.25) is 0 Å². The van der Waals surface area contributed by atoms with Crippen molar-refractivity contribution in [3.63, 3.8) is 0 Å². The van der Waals surface area contributed by atoms with Crippen molar-refractivity contribution in [2.24, 2.45) is 5.92 Å². The zero-order chi connectivity index (χ0) is 8.55. The minimum atomic E-state index is 0.227. The lowest BCUT2D eigenvalue weighted by Gasteiger charge is -1.93. The molecule has 2 rings (SSSR count). The predicted molar refractivity (Wildman–Crippen MR) is 46.3 cm³/mol. The first kappa shape index (κ1) is 7.86. The number of rotatable bonds is 3. The van der Waals surface area contributed by atoms with Crippen LogP contribution in [0.5, 0.6) is 0 Å². The number of hydrogen-bond donors (Lipinski definition) is 0. The van der Waals surface area contributed by atoms with E-state index in [0.717, 1.165) is 10.6 Å². The highest BCUT2D eigenvalue weighted by Gasteiger charge is 2.26. The topological polar surface area (TPSA) is 42.9 Å². The number of aromatic nitrogens is 2. The van der Waals surface area contributed by atoms with Crippen molar-refractivity contribution in [3.05, 3.63) is 10.6 Å². The zero-order valence-electron chi connectivity index (χ0n) is 6.91. The molecule has 0 radical (unpaired) electrons. The summed E-state index contributed by atoms with van der Waals surface area (Å²) in [6, 6.07) is 0. The van der Waals surface area contributed by atoms with E-state index in [4.69, 9.17) is 0 Å². The van der Waals surface area contributed by atoms with E-state index in [-0.39, 0.29) is 5.78 Å². The van der Waals surface area contributed by atoms with Crippen molar-refractivity contribution >= 4 is 17.3 Å². The lowest BCUT2D eigenvalue weighted by Crippen LogP contribution is -1.99. The second kappa shape index (κ2) is 2.94. The average molecular weight is 182 g/mol. The first-order valence-electron chi connectivity index (χ1n) is 4.09. The fraction of sp³-hybridized carbons (Fsp3) is 0.625. The molecular weight excluding hydrogens is 172 g/mol. The van der Waals surface area contributed by atoms with Crippen LogP contribution in [0.1, 0.15) is 34.6 Å². The maximum absolute atomic E-state index is 11.5. The van der Waals surface area contributed by atoms with Crippen molar-refractivity contribution in [1.29, 1.82) is 0 Å². The number of aryl methyl sites for hydroxylation is 1. The summed E-state index contributed by atoms with van der Waals surface area (Å²) in [4.78, 5) is 12.3. The Hall–Kier alpha value is -0.770. The maximum atomic E-state index is 11.5. The molecule has 0 aliphatic heterocycles. The number of nitrogens with zero attached hydrogens (tertiary/aromatic N) is 2. The molecule has 0 N–H and O–H groups in total. The minimum absolute atomic E-state index is 0.227.